The molecule has 0 fully saturated rings. The zero-order chi connectivity index (χ0) is 21.8. The third-order valence-electron chi connectivity index (χ3n) is 4.09. The molecule has 0 aromatic heterocycles. The van der Waals surface area contributed by atoms with Gasteiger partial charge in [-0.2, -0.15) is 0 Å². The fourth-order valence-corrected chi connectivity index (χ4v) is 2.64. The van der Waals surface area contributed by atoms with E-state index < -0.39 is 5.97 Å². The Morgan fingerprint density at radius 1 is 0.967 bits per heavy atom. The molecule has 0 radical (unpaired) electrons. The molecule has 1 amide bonds. The maximum absolute atomic E-state index is 12.3. The van der Waals surface area contributed by atoms with Gasteiger partial charge in [0.15, 0.2) is 11.5 Å². The molecule has 0 aliphatic rings. The molecule has 0 spiro atoms. The predicted molar refractivity (Wildman–Crippen MR) is 118 cm³/mol. The van der Waals surface area contributed by atoms with Crippen LogP contribution in [0, 0.1) is 0 Å². The zero-order valence-corrected chi connectivity index (χ0v) is 17.8. The summed E-state index contributed by atoms with van der Waals surface area (Å²) in [6.07, 6.45) is 5.16. The van der Waals surface area contributed by atoms with Crippen molar-refractivity contribution < 1.29 is 23.8 Å². The number of rotatable bonds is 11. The highest BCUT2D eigenvalue weighted by Crippen LogP contribution is 2.29. The standard InChI is InChI=1S/C24H29NO5/c1-4-7-15-30-21-13-11-18(16-22(21)28-5-2)12-14-23(26)25-20-10-8-9-19(17-20)24(27)29-6-3/h8-14,16-17H,4-7,15H2,1-3H3,(H,25,26)/b14-12+. The first-order chi connectivity index (χ1) is 14.6. The van der Waals surface area contributed by atoms with Crippen LogP contribution >= 0.6 is 0 Å². The number of hydrogen-bond donors (Lipinski definition) is 1. The molecule has 2 aromatic carbocycles. The van der Waals surface area contributed by atoms with Gasteiger partial charge in [0.25, 0.3) is 0 Å². The molecule has 0 aliphatic carbocycles. The summed E-state index contributed by atoms with van der Waals surface area (Å²) in [5, 5.41) is 2.75. The number of unbranched alkanes of at least 4 members (excludes halogenated alkanes) is 1. The topological polar surface area (TPSA) is 73.9 Å². The number of hydrogen-bond acceptors (Lipinski definition) is 5. The number of benzene rings is 2. The second kappa shape index (κ2) is 12.3. The van der Waals surface area contributed by atoms with E-state index in [4.69, 9.17) is 14.2 Å². The second-order valence-corrected chi connectivity index (χ2v) is 6.47. The molecule has 1 N–H and O–H groups in total. The van der Waals surface area contributed by atoms with Gasteiger partial charge in [0.2, 0.25) is 5.91 Å². The fourth-order valence-electron chi connectivity index (χ4n) is 2.64. The van der Waals surface area contributed by atoms with Crippen molar-refractivity contribution in [1.29, 1.82) is 0 Å². The maximum atomic E-state index is 12.3. The summed E-state index contributed by atoms with van der Waals surface area (Å²) in [5.74, 6) is 0.618. The molecule has 160 valence electrons. The lowest BCUT2D eigenvalue weighted by Crippen LogP contribution is -2.09. The van der Waals surface area contributed by atoms with Gasteiger partial charge in [0.1, 0.15) is 0 Å². The molecule has 0 saturated heterocycles. The summed E-state index contributed by atoms with van der Waals surface area (Å²) in [6.45, 7) is 7.22. The van der Waals surface area contributed by atoms with Crippen LogP contribution in [-0.4, -0.2) is 31.7 Å². The van der Waals surface area contributed by atoms with Crippen LogP contribution in [0.15, 0.2) is 48.5 Å². The number of ether oxygens (including phenoxy) is 3. The van der Waals surface area contributed by atoms with Crippen molar-refractivity contribution in [1.82, 2.24) is 0 Å². The molecule has 2 rings (SSSR count). The first kappa shape index (κ1) is 23.0. The number of anilines is 1. The lowest BCUT2D eigenvalue weighted by molar-refractivity contribution is -0.111. The minimum absolute atomic E-state index is 0.296. The van der Waals surface area contributed by atoms with E-state index in [1.165, 1.54) is 6.08 Å². The Morgan fingerprint density at radius 3 is 2.53 bits per heavy atom. The quantitative estimate of drug-likeness (QED) is 0.317. The molecule has 6 heteroatoms. The highest BCUT2D eigenvalue weighted by molar-refractivity contribution is 6.02. The average molecular weight is 411 g/mol. The summed E-state index contributed by atoms with van der Waals surface area (Å²) in [4.78, 5) is 24.1. The van der Waals surface area contributed by atoms with Crippen molar-refractivity contribution in [2.75, 3.05) is 25.1 Å². The van der Waals surface area contributed by atoms with Crippen molar-refractivity contribution >= 4 is 23.6 Å². The van der Waals surface area contributed by atoms with Crippen molar-refractivity contribution in [2.24, 2.45) is 0 Å². The van der Waals surface area contributed by atoms with Gasteiger partial charge in [-0.1, -0.05) is 25.5 Å². The van der Waals surface area contributed by atoms with Crippen LogP contribution in [0.5, 0.6) is 11.5 Å². The van der Waals surface area contributed by atoms with E-state index in [0.29, 0.717) is 42.6 Å². The Bertz CT molecular complexity index is 876. The lowest BCUT2D eigenvalue weighted by Gasteiger charge is -2.12. The van der Waals surface area contributed by atoms with Gasteiger partial charge in [-0.15, -0.1) is 0 Å². The minimum atomic E-state index is -0.422. The van der Waals surface area contributed by atoms with Gasteiger partial charge < -0.3 is 19.5 Å². The van der Waals surface area contributed by atoms with Gasteiger partial charge >= 0.3 is 5.97 Å². The Labute approximate surface area is 177 Å². The van der Waals surface area contributed by atoms with Crippen LogP contribution in [-0.2, 0) is 9.53 Å². The van der Waals surface area contributed by atoms with E-state index in [-0.39, 0.29) is 5.91 Å². The fraction of sp³-hybridized carbons (Fsp3) is 0.333. The van der Waals surface area contributed by atoms with Gasteiger partial charge in [-0.05, 0) is 62.2 Å². The van der Waals surface area contributed by atoms with E-state index in [2.05, 4.69) is 12.2 Å². The van der Waals surface area contributed by atoms with E-state index in [0.717, 1.165) is 18.4 Å². The number of esters is 1. The summed E-state index contributed by atoms with van der Waals surface area (Å²) >= 11 is 0. The Hall–Kier alpha value is -3.28. The van der Waals surface area contributed by atoms with Gasteiger partial charge in [-0.3, -0.25) is 4.79 Å². The molecule has 0 unspecified atom stereocenters. The van der Waals surface area contributed by atoms with Gasteiger partial charge in [0.05, 0.1) is 25.4 Å². The molecular weight excluding hydrogens is 382 g/mol. The number of carbonyl (C=O) groups is 2. The highest BCUT2D eigenvalue weighted by atomic mass is 16.5. The largest absolute Gasteiger partial charge is 0.490 e. The molecular formula is C24H29NO5. The van der Waals surface area contributed by atoms with Gasteiger partial charge in [0, 0.05) is 11.8 Å². The molecule has 0 atom stereocenters. The van der Waals surface area contributed by atoms with Crippen molar-refractivity contribution in [3.8, 4) is 11.5 Å². The molecule has 6 nitrogen and oxygen atoms in total. The van der Waals surface area contributed by atoms with E-state index in [1.807, 2.05) is 25.1 Å². The molecule has 0 heterocycles. The summed E-state index contributed by atoms with van der Waals surface area (Å²) in [5.41, 5.74) is 1.72. The van der Waals surface area contributed by atoms with Crippen LogP contribution in [0.2, 0.25) is 0 Å². The maximum Gasteiger partial charge on any atom is 0.338 e. The Morgan fingerprint density at radius 2 is 1.80 bits per heavy atom. The molecule has 0 aliphatic heterocycles. The van der Waals surface area contributed by atoms with Crippen LogP contribution < -0.4 is 14.8 Å². The van der Waals surface area contributed by atoms with Crippen molar-refractivity contribution in [2.45, 2.75) is 33.6 Å². The number of amides is 1. The minimum Gasteiger partial charge on any atom is -0.490 e. The van der Waals surface area contributed by atoms with Crippen LogP contribution in [0.4, 0.5) is 5.69 Å². The first-order valence-electron chi connectivity index (χ1n) is 10.2. The first-order valence-corrected chi connectivity index (χ1v) is 10.2. The third kappa shape index (κ3) is 7.28. The van der Waals surface area contributed by atoms with E-state index >= 15 is 0 Å². The van der Waals surface area contributed by atoms with Crippen LogP contribution in [0.1, 0.15) is 49.5 Å². The smallest absolute Gasteiger partial charge is 0.338 e. The second-order valence-electron chi connectivity index (χ2n) is 6.47. The molecule has 30 heavy (non-hydrogen) atoms. The van der Waals surface area contributed by atoms with Crippen LogP contribution in [0.3, 0.4) is 0 Å². The van der Waals surface area contributed by atoms with Crippen LogP contribution in [0.25, 0.3) is 6.08 Å². The average Bonchev–Trinajstić information content (AvgIpc) is 2.74. The summed E-state index contributed by atoms with van der Waals surface area (Å²) in [6, 6.07) is 12.2. The Balaban J connectivity index is 2.04. The van der Waals surface area contributed by atoms with E-state index in [9.17, 15) is 9.59 Å². The SMILES string of the molecule is CCCCOc1ccc(/C=C/C(=O)Nc2cccc(C(=O)OCC)c2)cc1OCC. The predicted octanol–water partition coefficient (Wildman–Crippen LogP) is 5.09. The van der Waals surface area contributed by atoms with Crippen molar-refractivity contribution in [3.63, 3.8) is 0 Å². The number of carbonyl (C=O) groups excluding carboxylic acids is 2. The van der Waals surface area contributed by atoms with Crippen molar-refractivity contribution in [3.05, 3.63) is 59.7 Å². The monoisotopic (exact) mass is 411 g/mol. The zero-order valence-electron chi connectivity index (χ0n) is 17.8. The lowest BCUT2D eigenvalue weighted by atomic mass is 10.1. The normalized spacial score (nSPS) is 10.6. The van der Waals surface area contributed by atoms with E-state index in [1.54, 1.807) is 37.3 Å². The molecule has 0 bridgehead atoms. The molecule has 2 aromatic rings. The number of nitrogens with one attached hydrogen (secondary N) is 1. The Kier molecular flexibility index (Phi) is 9.45. The molecule has 0 saturated carbocycles. The highest BCUT2D eigenvalue weighted by Gasteiger charge is 2.08. The van der Waals surface area contributed by atoms with Gasteiger partial charge in [-0.25, -0.2) is 4.79 Å². The summed E-state index contributed by atoms with van der Waals surface area (Å²) < 4.78 is 16.4. The third-order valence-corrected chi connectivity index (χ3v) is 4.09. The summed E-state index contributed by atoms with van der Waals surface area (Å²) in [7, 11) is 0.